The molecule has 0 aliphatic carbocycles. The maximum atomic E-state index is 12.8. The summed E-state index contributed by atoms with van der Waals surface area (Å²) in [6, 6.07) is 7.46. The number of likely N-dealkylation sites (tertiary alicyclic amines) is 1. The van der Waals surface area contributed by atoms with Gasteiger partial charge < -0.3 is 19.7 Å². The van der Waals surface area contributed by atoms with Crippen molar-refractivity contribution in [2.75, 3.05) is 51.8 Å². The van der Waals surface area contributed by atoms with E-state index in [0.717, 1.165) is 36.7 Å². The molecule has 0 bridgehead atoms. The van der Waals surface area contributed by atoms with Crippen LogP contribution in [0, 0.1) is 0 Å². The van der Waals surface area contributed by atoms with Crippen LogP contribution >= 0.6 is 0 Å². The van der Waals surface area contributed by atoms with Crippen LogP contribution in [0.3, 0.4) is 0 Å². The Balaban J connectivity index is 1.43. The molecule has 2 aromatic rings. The number of anilines is 1. The van der Waals surface area contributed by atoms with Crippen LogP contribution in [0.5, 0.6) is 11.5 Å². The van der Waals surface area contributed by atoms with Crippen molar-refractivity contribution in [1.29, 1.82) is 0 Å². The van der Waals surface area contributed by atoms with Gasteiger partial charge in [-0.15, -0.1) is 0 Å². The molecule has 1 N–H and O–H groups in total. The predicted octanol–water partition coefficient (Wildman–Crippen LogP) is 2.78. The van der Waals surface area contributed by atoms with E-state index < -0.39 is 0 Å². The molecule has 1 aromatic heterocycles. The fourth-order valence-corrected chi connectivity index (χ4v) is 4.42. The van der Waals surface area contributed by atoms with Gasteiger partial charge in [0.25, 0.3) is 0 Å². The van der Waals surface area contributed by atoms with Crippen LogP contribution in [-0.2, 0) is 0 Å². The Morgan fingerprint density at radius 1 is 1.22 bits per heavy atom. The monoisotopic (exact) mass is 433 g/mol. The summed E-state index contributed by atoms with van der Waals surface area (Å²) >= 11 is 0. The number of aromatic nitrogens is 1. The Kier molecular flexibility index (Phi) is 5.77. The molecular formula is C24H27N5O3. The zero-order valence-electron chi connectivity index (χ0n) is 18.2. The number of nitrogens with zero attached hydrogens (tertiary/aromatic N) is 4. The SMILES string of the molecule is COc1c(OCCN2CCCC2)ccc2c1N/C(=C\C(=O)c1cccnc1)N1CCN=C21. The van der Waals surface area contributed by atoms with Crippen molar-refractivity contribution in [3.05, 3.63) is 59.7 Å². The lowest BCUT2D eigenvalue weighted by molar-refractivity contribution is 0.104. The lowest BCUT2D eigenvalue weighted by Crippen LogP contribution is -2.36. The highest BCUT2D eigenvalue weighted by Gasteiger charge is 2.33. The van der Waals surface area contributed by atoms with Gasteiger partial charge in [-0.3, -0.25) is 19.7 Å². The number of hydrogen-bond acceptors (Lipinski definition) is 8. The summed E-state index contributed by atoms with van der Waals surface area (Å²) in [6.07, 6.45) is 7.35. The highest BCUT2D eigenvalue weighted by Crippen LogP contribution is 2.43. The topological polar surface area (TPSA) is 79.3 Å². The van der Waals surface area contributed by atoms with E-state index in [9.17, 15) is 4.79 Å². The molecular weight excluding hydrogens is 406 g/mol. The predicted molar refractivity (Wildman–Crippen MR) is 123 cm³/mol. The summed E-state index contributed by atoms with van der Waals surface area (Å²) in [5.74, 6) is 2.70. The van der Waals surface area contributed by atoms with Gasteiger partial charge in [0.2, 0.25) is 0 Å². The van der Waals surface area contributed by atoms with Crippen LogP contribution in [0.15, 0.2) is 53.5 Å². The Labute approximate surface area is 187 Å². The van der Waals surface area contributed by atoms with E-state index in [1.54, 1.807) is 37.7 Å². The lowest BCUT2D eigenvalue weighted by atomic mass is 10.1. The number of aliphatic imine (C=N–C) groups is 1. The second-order valence-corrected chi connectivity index (χ2v) is 8.03. The van der Waals surface area contributed by atoms with Crippen molar-refractivity contribution < 1.29 is 14.3 Å². The Morgan fingerprint density at radius 2 is 2.09 bits per heavy atom. The molecule has 1 fully saturated rings. The maximum absolute atomic E-state index is 12.8. The summed E-state index contributed by atoms with van der Waals surface area (Å²) in [5.41, 5.74) is 2.25. The van der Waals surface area contributed by atoms with E-state index in [4.69, 9.17) is 9.47 Å². The average Bonchev–Trinajstić information content (AvgIpc) is 3.52. The molecule has 0 atom stereocenters. The molecule has 3 aliphatic rings. The second kappa shape index (κ2) is 9.00. The van der Waals surface area contributed by atoms with Crippen molar-refractivity contribution in [3.63, 3.8) is 0 Å². The molecule has 0 unspecified atom stereocenters. The third-order valence-electron chi connectivity index (χ3n) is 6.03. The van der Waals surface area contributed by atoms with E-state index >= 15 is 0 Å². The van der Waals surface area contributed by atoms with Gasteiger partial charge >= 0.3 is 0 Å². The molecule has 0 spiro atoms. The largest absolute Gasteiger partial charge is 0.491 e. The van der Waals surface area contributed by atoms with Crippen molar-refractivity contribution in [1.82, 2.24) is 14.8 Å². The summed E-state index contributed by atoms with van der Waals surface area (Å²) in [5, 5.41) is 3.41. The molecule has 1 saturated heterocycles. The zero-order chi connectivity index (χ0) is 21.9. The van der Waals surface area contributed by atoms with Gasteiger partial charge in [0, 0.05) is 42.7 Å². The quantitative estimate of drug-likeness (QED) is 0.531. The maximum Gasteiger partial charge on any atom is 0.191 e. The van der Waals surface area contributed by atoms with Gasteiger partial charge in [-0.25, -0.2) is 0 Å². The van der Waals surface area contributed by atoms with Crippen molar-refractivity contribution in [3.8, 4) is 11.5 Å². The van der Waals surface area contributed by atoms with Crippen LogP contribution in [0.2, 0.25) is 0 Å². The second-order valence-electron chi connectivity index (χ2n) is 8.03. The number of allylic oxidation sites excluding steroid dienone is 1. The Morgan fingerprint density at radius 3 is 2.88 bits per heavy atom. The number of nitrogens with one attached hydrogen (secondary N) is 1. The van der Waals surface area contributed by atoms with Gasteiger partial charge in [-0.1, -0.05) is 0 Å². The summed E-state index contributed by atoms with van der Waals surface area (Å²) < 4.78 is 11.9. The van der Waals surface area contributed by atoms with E-state index in [1.807, 2.05) is 17.0 Å². The molecule has 8 heteroatoms. The van der Waals surface area contributed by atoms with Crippen LogP contribution in [0.1, 0.15) is 28.8 Å². The molecule has 0 saturated carbocycles. The molecule has 166 valence electrons. The van der Waals surface area contributed by atoms with Gasteiger partial charge in [0.15, 0.2) is 17.3 Å². The van der Waals surface area contributed by atoms with Crippen molar-refractivity contribution in [2.24, 2.45) is 4.99 Å². The van der Waals surface area contributed by atoms with Crippen LogP contribution in [-0.4, -0.2) is 72.8 Å². The van der Waals surface area contributed by atoms with Crippen LogP contribution in [0.25, 0.3) is 0 Å². The molecule has 5 rings (SSSR count). The fraction of sp³-hybridized carbons (Fsp3) is 0.375. The molecule has 1 aromatic carbocycles. The highest BCUT2D eigenvalue weighted by molar-refractivity contribution is 6.11. The number of carbonyl (C=O) groups excluding carboxylic acids is 1. The fourth-order valence-electron chi connectivity index (χ4n) is 4.42. The van der Waals surface area contributed by atoms with E-state index in [-0.39, 0.29) is 5.78 Å². The van der Waals surface area contributed by atoms with Gasteiger partial charge in [0.1, 0.15) is 18.3 Å². The minimum Gasteiger partial charge on any atom is -0.491 e. The zero-order valence-corrected chi connectivity index (χ0v) is 18.2. The van der Waals surface area contributed by atoms with E-state index in [2.05, 4.69) is 20.2 Å². The van der Waals surface area contributed by atoms with Crippen molar-refractivity contribution in [2.45, 2.75) is 12.8 Å². The number of ketones is 1. The lowest BCUT2D eigenvalue weighted by Gasteiger charge is -2.32. The first-order valence-corrected chi connectivity index (χ1v) is 11.1. The van der Waals surface area contributed by atoms with Crippen LogP contribution in [0.4, 0.5) is 5.69 Å². The summed E-state index contributed by atoms with van der Waals surface area (Å²) in [4.78, 5) is 26.0. The molecule has 8 nitrogen and oxygen atoms in total. The third kappa shape index (κ3) is 3.93. The summed E-state index contributed by atoms with van der Waals surface area (Å²) in [7, 11) is 1.64. The third-order valence-corrected chi connectivity index (χ3v) is 6.03. The first-order chi connectivity index (χ1) is 15.7. The number of ether oxygens (including phenoxy) is 2. The first-order valence-electron chi connectivity index (χ1n) is 11.1. The Hall–Kier alpha value is -3.39. The normalized spacial score (nSPS) is 18.7. The van der Waals surface area contributed by atoms with E-state index in [1.165, 1.54) is 12.8 Å². The van der Waals surface area contributed by atoms with Gasteiger partial charge in [0.05, 0.1) is 19.3 Å². The Bertz CT molecular complexity index is 1060. The van der Waals surface area contributed by atoms with Crippen LogP contribution < -0.4 is 14.8 Å². The number of hydrogen-bond donors (Lipinski definition) is 1. The number of fused-ring (bicyclic) bond motifs is 3. The van der Waals surface area contributed by atoms with Gasteiger partial charge in [-0.05, 0) is 50.2 Å². The highest BCUT2D eigenvalue weighted by atomic mass is 16.5. The smallest absolute Gasteiger partial charge is 0.191 e. The number of methoxy groups -OCH3 is 1. The van der Waals surface area contributed by atoms with Crippen molar-refractivity contribution >= 4 is 17.3 Å². The number of benzene rings is 1. The minimum absolute atomic E-state index is 0.118. The molecule has 3 aliphatic heterocycles. The number of carbonyl (C=O) groups is 1. The molecule has 4 heterocycles. The van der Waals surface area contributed by atoms with Gasteiger partial charge in [-0.2, -0.15) is 0 Å². The average molecular weight is 434 g/mol. The standard InChI is InChI=1S/C24H27N5O3/c1-31-23-20(32-14-13-28-10-2-3-11-28)7-6-18-22(23)27-21(29-12-9-26-24(18)29)15-19(30)17-5-4-8-25-16-17/h4-8,15-16,27H,2-3,9-14H2,1H3/b21-15+. The minimum atomic E-state index is -0.118. The molecule has 0 amide bonds. The first kappa shape index (κ1) is 20.5. The number of pyridine rings is 1. The summed E-state index contributed by atoms with van der Waals surface area (Å²) in [6.45, 7) is 5.17. The van der Waals surface area contributed by atoms with E-state index in [0.29, 0.717) is 42.6 Å². The molecule has 32 heavy (non-hydrogen) atoms. The number of amidine groups is 1. The number of rotatable bonds is 7. The molecule has 0 radical (unpaired) electrons.